The first kappa shape index (κ1) is 17.0. The molecule has 0 bridgehead atoms. The van der Waals surface area contributed by atoms with Crippen LogP contribution in [0.5, 0.6) is 5.75 Å². The second kappa shape index (κ2) is 7.23. The van der Waals surface area contributed by atoms with Crippen molar-refractivity contribution in [3.05, 3.63) is 39.8 Å². The third kappa shape index (κ3) is 3.87. The van der Waals surface area contributed by atoms with E-state index in [1.807, 2.05) is 13.0 Å². The van der Waals surface area contributed by atoms with E-state index in [0.717, 1.165) is 11.3 Å². The van der Waals surface area contributed by atoms with Crippen molar-refractivity contribution in [3.63, 3.8) is 0 Å². The van der Waals surface area contributed by atoms with Crippen LogP contribution in [0.4, 0.5) is 5.69 Å². The molecule has 1 amide bonds. The Balaban J connectivity index is 2.17. The summed E-state index contributed by atoms with van der Waals surface area (Å²) in [6, 6.07) is 7.16. The number of carboxylic acids is 1. The lowest BCUT2D eigenvalue weighted by Crippen LogP contribution is -2.19. The van der Waals surface area contributed by atoms with Crippen LogP contribution in [0.2, 0.25) is 0 Å². The van der Waals surface area contributed by atoms with Crippen molar-refractivity contribution in [2.45, 2.75) is 26.7 Å². The minimum absolute atomic E-state index is 0.161. The summed E-state index contributed by atoms with van der Waals surface area (Å²) >= 11 is 1.03. The number of thiazole rings is 1. The minimum atomic E-state index is -1.03. The number of amides is 1. The monoisotopic (exact) mass is 334 g/mol. The molecule has 2 rings (SSSR count). The van der Waals surface area contributed by atoms with Crippen molar-refractivity contribution in [2.75, 3.05) is 11.9 Å². The Hall–Kier alpha value is -2.41. The molecule has 0 saturated carbocycles. The second-order valence-electron chi connectivity index (χ2n) is 4.91. The molecule has 0 unspecified atom stereocenters. The number of aromatic carboxylic acids is 1. The summed E-state index contributed by atoms with van der Waals surface area (Å²) in [6.07, 6.45) is 0. The van der Waals surface area contributed by atoms with Gasteiger partial charge in [-0.1, -0.05) is 12.1 Å². The highest BCUT2D eigenvalue weighted by Gasteiger charge is 2.23. The molecule has 0 spiro atoms. The summed E-state index contributed by atoms with van der Waals surface area (Å²) in [6.45, 7) is 5.68. The van der Waals surface area contributed by atoms with Crippen LogP contribution in [0.3, 0.4) is 0 Å². The molecular formula is C16H18N2O4S. The van der Waals surface area contributed by atoms with E-state index < -0.39 is 11.9 Å². The molecule has 0 radical (unpaired) electrons. The number of carbonyl (C=O) groups is 2. The molecule has 1 heterocycles. The molecule has 0 aliphatic carbocycles. The SMILES string of the molecule is CCOc1ccccc1NC(=O)[C@@H](C)c1nc(C)c(C(=O)O)s1. The third-order valence-corrected chi connectivity index (χ3v) is 4.54. The summed E-state index contributed by atoms with van der Waals surface area (Å²) in [4.78, 5) is 27.9. The van der Waals surface area contributed by atoms with Gasteiger partial charge in [0, 0.05) is 0 Å². The van der Waals surface area contributed by atoms with Crippen molar-refractivity contribution in [1.29, 1.82) is 0 Å². The molecule has 23 heavy (non-hydrogen) atoms. The Kier molecular flexibility index (Phi) is 5.33. The van der Waals surface area contributed by atoms with E-state index in [4.69, 9.17) is 9.84 Å². The van der Waals surface area contributed by atoms with Gasteiger partial charge in [-0.15, -0.1) is 11.3 Å². The lowest BCUT2D eigenvalue weighted by Gasteiger charge is -2.13. The predicted octanol–water partition coefficient (Wildman–Crippen LogP) is 3.29. The van der Waals surface area contributed by atoms with Gasteiger partial charge in [0.15, 0.2) is 0 Å². The Morgan fingerprint density at radius 2 is 2.09 bits per heavy atom. The van der Waals surface area contributed by atoms with Gasteiger partial charge in [-0.05, 0) is 32.9 Å². The smallest absolute Gasteiger partial charge is 0.347 e. The van der Waals surface area contributed by atoms with Gasteiger partial charge in [-0.3, -0.25) is 4.79 Å². The maximum atomic E-state index is 12.4. The fourth-order valence-electron chi connectivity index (χ4n) is 2.01. The normalized spacial score (nSPS) is 11.8. The number of para-hydroxylation sites is 2. The molecule has 7 heteroatoms. The molecule has 1 atom stereocenters. The molecular weight excluding hydrogens is 316 g/mol. The first-order valence-corrected chi connectivity index (χ1v) is 7.99. The number of hydrogen-bond acceptors (Lipinski definition) is 5. The average molecular weight is 334 g/mol. The van der Waals surface area contributed by atoms with E-state index in [-0.39, 0.29) is 10.8 Å². The maximum absolute atomic E-state index is 12.4. The van der Waals surface area contributed by atoms with Gasteiger partial charge >= 0.3 is 5.97 Å². The first-order chi connectivity index (χ1) is 10.9. The standard InChI is InChI=1S/C16H18N2O4S/c1-4-22-12-8-6-5-7-11(12)18-14(19)9(2)15-17-10(3)13(23-15)16(20)21/h5-9H,4H2,1-3H3,(H,18,19)(H,20,21)/t9-/m1/s1. The number of carboxylic acid groups (broad SMARTS) is 1. The van der Waals surface area contributed by atoms with Crippen molar-refractivity contribution in [1.82, 2.24) is 4.98 Å². The van der Waals surface area contributed by atoms with Crippen LogP contribution >= 0.6 is 11.3 Å². The maximum Gasteiger partial charge on any atom is 0.347 e. The largest absolute Gasteiger partial charge is 0.492 e. The number of aromatic nitrogens is 1. The first-order valence-electron chi connectivity index (χ1n) is 7.17. The fraction of sp³-hybridized carbons (Fsp3) is 0.312. The van der Waals surface area contributed by atoms with Crippen LogP contribution in [0.15, 0.2) is 24.3 Å². The van der Waals surface area contributed by atoms with Crippen molar-refractivity contribution in [3.8, 4) is 5.75 Å². The van der Waals surface area contributed by atoms with Crippen LogP contribution in [-0.2, 0) is 4.79 Å². The molecule has 2 aromatic rings. The van der Waals surface area contributed by atoms with Crippen LogP contribution < -0.4 is 10.1 Å². The minimum Gasteiger partial charge on any atom is -0.492 e. The Labute approximate surface area is 138 Å². The van der Waals surface area contributed by atoms with Crippen LogP contribution in [0.1, 0.15) is 40.1 Å². The highest BCUT2D eigenvalue weighted by Crippen LogP contribution is 2.28. The Bertz CT molecular complexity index is 727. The fourth-order valence-corrected chi connectivity index (χ4v) is 2.96. The van der Waals surface area contributed by atoms with Crippen molar-refractivity contribution >= 4 is 28.9 Å². The molecule has 0 fully saturated rings. The van der Waals surface area contributed by atoms with Gasteiger partial charge < -0.3 is 15.2 Å². The van der Waals surface area contributed by atoms with Crippen LogP contribution in [-0.4, -0.2) is 28.6 Å². The molecule has 0 saturated heterocycles. The molecule has 6 nitrogen and oxygen atoms in total. The van der Waals surface area contributed by atoms with E-state index in [2.05, 4.69) is 10.3 Å². The van der Waals surface area contributed by atoms with Crippen molar-refractivity contribution < 1.29 is 19.4 Å². The number of benzene rings is 1. The number of carbonyl (C=O) groups excluding carboxylic acids is 1. The highest BCUT2D eigenvalue weighted by molar-refractivity contribution is 7.13. The summed E-state index contributed by atoms with van der Waals surface area (Å²) in [5.41, 5.74) is 1.00. The third-order valence-electron chi connectivity index (χ3n) is 3.22. The van der Waals surface area contributed by atoms with Gasteiger partial charge in [-0.25, -0.2) is 9.78 Å². The van der Waals surface area contributed by atoms with Gasteiger partial charge in [0.1, 0.15) is 15.6 Å². The zero-order valence-corrected chi connectivity index (χ0v) is 13.9. The number of nitrogens with zero attached hydrogens (tertiary/aromatic N) is 1. The quantitative estimate of drug-likeness (QED) is 0.846. The highest BCUT2D eigenvalue weighted by atomic mass is 32.1. The van der Waals surface area contributed by atoms with E-state index >= 15 is 0 Å². The van der Waals surface area contributed by atoms with Gasteiger partial charge in [-0.2, -0.15) is 0 Å². The number of rotatable bonds is 6. The molecule has 2 N–H and O–H groups in total. The predicted molar refractivity (Wildman–Crippen MR) is 88.5 cm³/mol. The Morgan fingerprint density at radius 1 is 1.39 bits per heavy atom. The van der Waals surface area contributed by atoms with E-state index in [1.165, 1.54) is 0 Å². The number of hydrogen-bond donors (Lipinski definition) is 2. The van der Waals surface area contributed by atoms with Crippen LogP contribution in [0, 0.1) is 6.92 Å². The molecule has 1 aromatic carbocycles. The molecule has 0 aliphatic heterocycles. The number of nitrogens with one attached hydrogen (secondary N) is 1. The van der Waals surface area contributed by atoms with Crippen LogP contribution in [0.25, 0.3) is 0 Å². The summed E-state index contributed by atoms with van der Waals surface area (Å²) in [5.74, 6) is -1.25. The van der Waals surface area contributed by atoms with Gasteiger partial charge in [0.25, 0.3) is 0 Å². The zero-order chi connectivity index (χ0) is 17.0. The number of ether oxygens (including phenoxy) is 1. The van der Waals surface area contributed by atoms with Gasteiger partial charge in [0.2, 0.25) is 5.91 Å². The lowest BCUT2D eigenvalue weighted by molar-refractivity contribution is -0.117. The topological polar surface area (TPSA) is 88.5 Å². The van der Waals surface area contributed by atoms with E-state index in [0.29, 0.717) is 28.7 Å². The average Bonchev–Trinajstić information content (AvgIpc) is 2.90. The molecule has 0 aliphatic rings. The van der Waals surface area contributed by atoms with Crippen molar-refractivity contribution in [2.24, 2.45) is 0 Å². The zero-order valence-electron chi connectivity index (χ0n) is 13.1. The van der Waals surface area contributed by atoms with E-state index in [1.54, 1.807) is 32.0 Å². The molecule has 122 valence electrons. The number of anilines is 1. The number of aryl methyl sites for hydroxylation is 1. The Morgan fingerprint density at radius 3 is 2.70 bits per heavy atom. The molecule has 1 aromatic heterocycles. The summed E-state index contributed by atoms with van der Waals surface area (Å²) < 4.78 is 5.47. The summed E-state index contributed by atoms with van der Waals surface area (Å²) in [5, 5.41) is 12.4. The van der Waals surface area contributed by atoms with Gasteiger partial charge in [0.05, 0.1) is 23.9 Å². The lowest BCUT2D eigenvalue weighted by atomic mass is 10.1. The van der Waals surface area contributed by atoms with E-state index in [9.17, 15) is 9.59 Å². The second-order valence-corrected chi connectivity index (χ2v) is 5.94. The summed E-state index contributed by atoms with van der Waals surface area (Å²) in [7, 11) is 0.